The molecule has 1 aromatic rings. The lowest BCUT2D eigenvalue weighted by atomic mass is 9.92. The fraction of sp³-hybridized carbons (Fsp3) is 0.650. The predicted octanol–water partition coefficient (Wildman–Crippen LogP) is 3.93. The van der Waals surface area contributed by atoms with Gasteiger partial charge in [-0.2, -0.15) is 5.26 Å². The van der Waals surface area contributed by atoms with Crippen molar-refractivity contribution < 1.29 is 4.74 Å². The van der Waals surface area contributed by atoms with Crippen molar-refractivity contribution in [2.45, 2.75) is 45.3 Å². The second-order valence-electron chi connectivity index (χ2n) is 7.48. The maximum atomic E-state index is 9.35. The maximum Gasteiger partial charge on any atom is 0.101 e. The van der Waals surface area contributed by atoms with Gasteiger partial charge in [-0.25, -0.2) is 0 Å². The van der Waals surface area contributed by atoms with Gasteiger partial charge in [-0.05, 0) is 57.7 Å². The van der Waals surface area contributed by atoms with E-state index in [1.54, 1.807) is 0 Å². The summed E-state index contributed by atoms with van der Waals surface area (Å²) >= 11 is 6.36. The zero-order chi connectivity index (χ0) is 17.8. The SMILES string of the molecule is CC1CN(CCC2CCN(c3c(Cl)cccc3C#N)CC2)CC(C)O1. The molecule has 0 aromatic heterocycles. The molecule has 0 amide bonds. The van der Waals surface area contributed by atoms with Crippen molar-refractivity contribution in [3.63, 3.8) is 0 Å². The van der Waals surface area contributed by atoms with Crippen LogP contribution in [0.15, 0.2) is 18.2 Å². The molecule has 4 nitrogen and oxygen atoms in total. The topological polar surface area (TPSA) is 39.5 Å². The summed E-state index contributed by atoms with van der Waals surface area (Å²) in [6, 6.07) is 7.86. The molecule has 25 heavy (non-hydrogen) atoms. The van der Waals surface area contributed by atoms with Gasteiger partial charge >= 0.3 is 0 Å². The Morgan fingerprint density at radius 1 is 1.20 bits per heavy atom. The number of benzene rings is 1. The molecule has 0 N–H and O–H groups in total. The van der Waals surface area contributed by atoms with E-state index in [-0.39, 0.29) is 0 Å². The van der Waals surface area contributed by atoms with E-state index in [0.717, 1.165) is 44.3 Å². The molecule has 0 aliphatic carbocycles. The van der Waals surface area contributed by atoms with Gasteiger partial charge in [-0.15, -0.1) is 0 Å². The van der Waals surface area contributed by atoms with Crippen LogP contribution >= 0.6 is 11.6 Å². The van der Waals surface area contributed by atoms with Crippen LogP contribution in [-0.4, -0.2) is 49.8 Å². The normalized spacial score (nSPS) is 25.8. The van der Waals surface area contributed by atoms with Crippen molar-refractivity contribution >= 4 is 17.3 Å². The number of rotatable bonds is 4. The Balaban J connectivity index is 1.50. The van der Waals surface area contributed by atoms with Gasteiger partial charge in [0.1, 0.15) is 6.07 Å². The molecule has 2 fully saturated rings. The highest BCUT2D eigenvalue weighted by atomic mass is 35.5. The number of morpholine rings is 1. The fourth-order valence-corrected chi connectivity index (χ4v) is 4.50. The molecule has 2 heterocycles. The predicted molar refractivity (Wildman–Crippen MR) is 102 cm³/mol. The van der Waals surface area contributed by atoms with Gasteiger partial charge in [0.25, 0.3) is 0 Å². The molecule has 3 rings (SSSR count). The van der Waals surface area contributed by atoms with E-state index in [4.69, 9.17) is 16.3 Å². The molecule has 2 saturated heterocycles. The van der Waals surface area contributed by atoms with Gasteiger partial charge in [-0.1, -0.05) is 17.7 Å². The lowest BCUT2D eigenvalue weighted by molar-refractivity contribution is -0.0690. The lowest BCUT2D eigenvalue weighted by Crippen LogP contribution is -2.46. The number of hydrogen-bond donors (Lipinski definition) is 0. The van der Waals surface area contributed by atoms with Crippen molar-refractivity contribution in [2.24, 2.45) is 5.92 Å². The first-order chi connectivity index (χ1) is 12.1. The maximum absolute atomic E-state index is 9.35. The molecular formula is C20H28ClN3O. The average Bonchev–Trinajstić information content (AvgIpc) is 2.59. The van der Waals surface area contributed by atoms with Gasteiger partial charge in [0.05, 0.1) is 28.5 Å². The van der Waals surface area contributed by atoms with Crippen molar-refractivity contribution in [2.75, 3.05) is 37.6 Å². The minimum absolute atomic E-state index is 0.343. The van der Waals surface area contributed by atoms with E-state index in [1.807, 2.05) is 18.2 Å². The van der Waals surface area contributed by atoms with Crippen LogP contribution in [0.5, 0.6) is 0 Å². The van der Waals surface area contributed by atoms with Gasteiger partial charge < -0.3 is 9.64 Å². The monoisotopic (exact) mass is 361 g/mol. The first-order valence-electron chi connectivity index (χ1n) is 9.38. The third-order valence-corrected chi connectivity index (χ3v) is 5.69. The number of halogens is 1. The molecule has 0 saturated carbocycles. The van der Waals surface area contributed by atoms with Gasteiger partial charge in [-0.3, -0.25) is 4.90 Å². The number of nitriles is 1. The molecule has 2 atom stereocenters. The first kappa shape index (κ1) is 18.5. The molecule has 136 valence electrons. The van der Waals surface area contributed by atoms with Crippen molar-refractivity contribution in [3.05, 3.63) is 28.8 Å². The summed E-state index contributed by atoms with van der Waals surface area (Å²) in [5.41, 5.74) is 1.60. The number of hydrogen-bond acceptors (Lipinski definition) is 4. The lowest BCUT2D eigenvalue weighted by Gasteiger charge is -2.38. The Morgan fingerprint density at radius 3 is 2.52 bits per heavy atom. The number of para-hydroxylation sites is 1. The number of ether oxygens (including phenoxy) is 1. The third kappa shape index (κ3) is 4.67. The third-order valence-electron chi connectivity index (χ3n) is 5.39. The smallest absolute Gasteiger partial charge is 0.101 e. The zero-order valence-electron chi connectivity index (χ0n) is 15.2. The van der Waals surface area contributed by atoms with E-state index in [1.165, 1.54) is 19.3 Å². The molecule has 1 aromatic carbocycles. The molecule has 0 radical (unpaired) electrons. The van der Waals surface area contributed by atoms with Crippen LogP contribution in [-0.2, 0) is 4.74 Å². The van der Waals surface area contributed by atoms with Crippen molar-refractivity contribution in [3.8, 4) is 6.07 Å². The van der Waals surface area contributed by atoms with Crippen LogP contribution in [0.1, 0.15) is 38.7 Å². The van der Waals surface area contributed by atoms with E-state index < -0.39 is 0 Å². The van der Waals surface area contributed by atoms with Crippen LogP contribution in [0.2, 0.25) is 5.02 Å². The van der Waals surface area contributed by atoms with E-state index in [9.17, 15) is 5.26 Å². The molecule has 2 aliphatic rings. The summed E-state index contributed by atoms with van der Waals surface area (Å²) in [6.45, 7) is 9.56. The minimum Gasteiger partial charge on any atom is -0.373 e. The Bertz CT molecular complexity index is 612. The Labute approximate surface area is 156 Å². The first-order valence-corrected chi connectivity index (χ1v) is 9.76. The van der Waals surface area contributed by atoms with Crippen molar-refractivity contribution in [1.29, 1.82) is 5.26 Å². The largest absolute Gasteiger partial charge is 0.373 e. The summed E-state index contributed by atoms with van der Waals surface area (Å²) in [4.78, 5) is 4.84. The molecule has 5 heteroatoms. The average molecular weight is 362 g/mol. The molecule has 2 unspecified atom stereocenters. The molecule has 0 spiro atoms. The highest BCUT2D eigenvalue weighted by molar-refractivity contribution is 6.33. The highest BCUT2D eigenvalue weighted by Gasteiger charge is 2.25. The van der Waals surface area contributed by atoms with Crippen LogP contribution in [0.25, 0.3) is 0 Å². The number of piperidine rings is 1. The van der Waals surface area contributed by atoms with Crippen LogP contribution < -0.4 is 4.90 Å². The van der Waals surface area contributed by atoms with E-state index in [2.05, 4.69) is 29.7 Å². The Hall–Kier alpha value is -1.28. The Kier molecular flexibility index (Phi) is 6.22. The highest BCUT2D eigenvalue weighted by Crippen LogP contribution is 2.33. The quantitative estimate of drug-likeness (QED) is 0.814. The summed E-state index contributed by atoms with van der Waals surface area (Å²) in [5.74, 6) is 0.762. The van der Waals surface area contributed by atoms with Gasteiger partial charge in [0.15, 0.2) is 0 Å². The van der Waals surface area contributed by atoms with Crippen molar-refractivity contribution in [1.82, 2.24) is 4.90 Å². The molecule has 0 bridgehead atoms. The fourth-order valence-electron chi connectivity index (χ4n) is 4.20. The van der Waals surface area contributed by atoms with Crippen LogP contribution in [0.3, 0.4) is 0 Å². The second-order valence-corrected chi connectivity index (χ2v) is 7.89. The zero-order valence-corrected chi connectivity index (χ0v) is 16.0. The summed E-state index contributed by atoms with van der Waals surface area (Å²) in [7, 11) is 0. The van der Waals surface area contributed by atoms with E-state index in [0.29, 0.717) is 22.8 Å². The van der Waals surface area contributed by atoms with Crippen LogP contribution in [0.4, 0.5) is 5.69 Å². The summed E-state index contributed by atoms with van der Waals surface area (Å²) < 4.78 is 5.82. The van der Waals surface area contributed by atoms with Gasteiger partial charge in [0, 0.05) is 26.2 Å². The minimum atomic E-state index is 0.343. The van der Waals surface area contributed by atoms with E-state index >= 15 is 0 Å². The second kappa shape index (κ2) is 8.40. The Morgan fingerprint density at radius 2 is 1.88 bits per heavy atom. The summed E-state index contributed by atoms with van der Waals surface area (Å²) in [6.07, 6.45) is 4.28. The molecule has 2 aliphatic heterocycles. The molecular weight excluding hydrogens is 334 g/mol. The van der Waals surface area contributed by atoms with Gasteiger partial charge in [0.2, 0.25) is 0 Å². The number of nitrogens with zero attached hydrogens (tertiary/aromatic N) is 3. The summed E-state index contributed by atoms with van der Waals surface area (Å²) in [5, 5.41) is 10.0. The standard InChI is InChI=1S/C20H28ClN3O/c1-15-13-23(14-16(2)25-15)9-6-17-7-10-24(11-8-17)20-18(12-22)4-3-5-19(20)21/h3-5,15-17H,6-11,13-14H2,1-2H3. The number of anilines is 1. The van der Waals surface area contributed by atoms with Crippen LogP contribution in [0, 0.1) is 17.2 Å².